The summed E-state index contributed by atoms with van der Waals surface area (Å²) in [5, 5.41) is 3.35. The first-order valence-corrected chi connectivity index (χ1v) is 7.69. The third kappa shape index (κ3) is 4.60. The number of primary amides is 1. The summed E-state index contributed by atoms with van der Waals surface area (Å²) in [6.45, 7) is -0.215. The molecule has 22 heavy (non-hydrogen) atoms. The fourth-order valence-corrected chi connectivity index (χ4v) is 2.29. The van der Waals surface area contributed by atoms with Gasteiger partial charge in [-0.1, -0.05) is 17.7 Å². The molecule has 0 spiro atoms. The SMILES string of the molecule is NC(=O)COc1cccc(NC(=O)c2ccc(Cl)c(I)c2)c1. The highest BCUT2D eigenvalue weighted by molar-refractivity contribution is 14.1. The molecular weight excluding hydrogens is 419 g/mol. The summed E-state index contributed by atoms with van der Waals surface area (Å²) in [6.07, 6.45) is 0. The highest BCUT2D eigenvalue weighted by Crippen LogP contribution is 2.21. The van der Waals surface area contributed by atoms with Gasteiger partial charge in [-0.25, -0.2) is 0 Å². The van der Waals surface area contributed by atoms with Crippen LogP contribution >= 0.6 is 34.2 Å². The van der Waals surface area contributed by atoms with Crippen LogP contribution in [-0.4, -0.2) is 18.4 Å². The zero-order valence-electron chi connectivity index (χ0n) is 11.3. The molecule has 2 aromatic carbocycles. The molecule has 2 amide bonds. The minimum Gasteiger partial charge on any atom is -0.484 e. The van der Waals surface area contributed by atoms with E-state index >= 15 is 0 Å². The highest BCUT2D eigenvalue weighted by atomic mass is 127. The van der Waals surface area contributed by atoms with Crippen LogP contribution in [0.15, 0.2) is 42.5 Å². The van der Waals surface area contributed by atoms with Crippen LogP contribution in [0.5, 0.6) is 5.75 Å². The molecule has 0 saturated heterocycles. The van der Waals surface area contributed by atoms with Crippen LogP contribution in [-0.2, 0) is 4.79 Å². The van der Waals surface area contributed by atoms with Gasteiger partial charge in [0.1, 0.15) is 5.75 Å². The van der Waals surface area contributed by atoms with Gasteiger partial charge in [0.25, 0.3) is 11.8 Å². The first-order valence-electron chi connectivity index (χ1n) is 6.23. The fourth-order valence-electron chi connectivity index (χ4n) is 1.66. The van der Waals surface area contributed by atoms with Crippen molar-refractivity contribution < 1.29 is 14.3 Å². The third-order valence-electron chi connectivity index (χ3n) is 2.65. The Hall–Kier alpha value is -1.80. The Bertz CT molecular complexity index is 722. The zero-order chi connectivity index (χ0) is 16.1. The van der Waals surface area contributed by atoms with Crippen LogP contribution in [0.25, 0.3) is 0 Å². The number of ether oxygens (including phenoxy) is 1. The van der Waals surface area contributed by atoms with E-state index in [0.29, 0.717) is 22.0 Å². The second-order valence-electron chi connectivity index (χ2n) is 4.37. The van der Waals surface area contributed by atoms with Gasteiger partial charge in [-0.15, -0.1) is 0 Å². The van der Waals surface area contributed by atoms with E-state index in [9.17, 15) is 9.59 Å². The zero-order valence-corrected chi connectivity index (χ0v) is 14.2. The van der Waals surface area contributed by atoms with Gasteiger partial charge in [0.05, 0.1) is 5.02 Å². The molecule has 0 saturated carbocycles. The molecule has 0 aromatic heterocycles. The number of rotatable bonds is 5. The van der Waals surface area contributed by atoms with Crippen molar-refractivity contribution in [3.8, 4) is 5.75 Å². The Kier molecular flexibility index (Phi) is 5.62. The molecule has 0 bridgehead atoms. The van der Waals surface area contributed by atoms with Crippen molar-refractivity contribution in [1.82, 2.24) is 0 Å². The molecule has 3 N–H and O–H groups in total. The second kappa shape index (κ2) is 7.46. The molecule has 114 valence electrons. The molecule has 0 atom stereocenters. The van der Waals surface area contributed by atoms with E-state index in [1.54, 1.807) is 42.5 Å². The molecule has 0 aliphatic heterocycles. The first-order chi connectivity index (χ1) is 10.5. The maximum Gasteiger partial charge on any atom is 0.255 e. The summed E-state index contributed by atoms with van der Waals surface area (Å²) in [4.78, 5) is 22.9. The largest absolute Gasteiger partial charge is 0.484 e. The van der Waals surface area contributed by atoms with Gasteiger partial charge in [-0.3, -0.25) is 9.59 Å². The van der Waals surface area contributed by atoms with Crippen molar-refractivity contribution in [1.29, 1.82) is 0 Å². The van der Waals surface area contributed by atoms with Crippen molar-refractivity contribution in [3.63, 3.8) is 0 Å². The van der Waals surface area contributed by atoms with Gasteiger partial charge in [0, 0.05) is 20.9 Å². The molecule has 0 fully saturated rings. The monoisotopic (exact) mass is 430 g/mol. The van der Waals surface area contributed by atoms with Crippen LogP contribution in [0.2, 0.25) is 5.02 Å². The van der Waals surface area contributed by atoms with E-state index in [1.807, 2.05) is 0 Å². The van der Waals surface area contributed by atoms with Crippen LogP contribution in [0.4, 0.5) is 5.69 Å². The summed E-state index contributed by atoms with van der Waals surface area (Å²) in [5.41, 5.74) is 6.07. The average molecular weight is 431 g/mol. The van der Waals surface area contributed by atoms with E-state index in [2.05, 4.69) is 27.9 Å². The number of hydrogen-bond donors (Lipinski definition) is 2. The van der Waals surface area contributed by atoms with Crippen LogP contribution in [0, 0.1) is 3.57 Å². The van der Waals surface area contributed by atoms with Crippen molar-refractivity contribution in [2.45, 2.75) is 0 Å². The van der Waals surface area contributed by atoms with Gasteiger partial charge in [-0.05, 0) is 52.9 Å². The number of nitrogens with one attached hydrogen (secondary N) is 1. The Morgan fingerprint density at radius 1 is 1.23 bits per heavy atom. The van der Waals surface area contributed by atoms with Gasteiger partial charge >= 0.3 is 0 Å². The van der Waals surface area contributed by atoms with Gasteiger partial charge in [0.2, 0.25) is 0 Å². The molecular formula is C15H12ClIN2O3. The number of anilines is 1. The van der Waals surface area contributed by atoms with Crippen LogP contribution in [0.1, 0.15) is 10.4 Å². The minimum atomic E-state index is -0.565. The summed E-state index contributed by atoms with van der Waals surface area (Å²) in [7, 11) is 0. The average Bonchev–Trinajstić information content (AvgIpc) is 2.48. The van der Waals surface area contributed by atoms with Gasteiger partial charge in [-0.2, -0.15) is 0 Å². The molecule has 5 nitrogen and oxygen atoms in total. The lowest BCUT2D eigenvalue weighted by Gasteiger charge is -2.09. The van der Waals surface area contributed by atoms with Crippen LogP contribution in [0.3, 0.4) is 0 Å². The molecule has 0 aliphatic rings. The molecule has 0 aliphatic carbocycles. The number of halogens is 2. The number of nitrogens with two attached hydrogens (primary N) is 1. The maximum atomic E-state index is 12.2. The van der Waals surface area contributed by atoms with Crippen molar-refractivity contribution >= 4 is 51.7 Å². The van der Waals surface area contributed by atoms with E-state index in [0.717, 1.165) is 3.57 Å². The lowest BCUT2D eigenvalue weighted by molar-refractivity contribution is -0.119. The van der Waals surface area contributed by atoms with Crippen molar-refractivity contribution in [3.05, 3.63) is 56.6 Å². The molecule has 7 heteroatoms. The summed E-state index contributed by atoms with van der Waals surface area (Å²) in [5.74, 6) is -0.380. The summed E-state index contributed by atoms with van der Waals surface area (Å²) >= 11 is 7.99. The lowest BCUT2D eigenvalue weighted by atomic mass is 10.2. The predicted octanol–water partition coefficient (Wildman–Crippen LogP) is 3.06. The summed E-state index contributed by atoms with van der Waals surface area (Å²) < 4.78 is 5.98. The van der Waals surface area contributed by atoms with E-state index in [-0.39, 0.29) is 12.5 Å². The number of carbonyl (C=O) groups is 2. The molecule has 2 aromatic rings. The molecule has 0 unspecified atom stereocenters. The Morgan fingerprint density at radius 2 is 2.00 bits per heavy atom. The Labute approximate surface area is 145 Å². The number of amides is 2. The first kappa shape index (κ1) is 16.6. The van der Waals surface area contributed by atoms with Crippen molar-refractivity contribution in [2.75, 3.05) is 11.9 Å². The molecule has 2 rings (SSSR count). The van der Waals surface area contributed by atoms with Gasteiger partial charge in [0.15, 0.2) is 6.61 Å². The smallest absolute Gasteiger partial charge is 0.255 e. The molecule has 0 radical (unpaired) electrons. The van der Waals surface area contributed by atoms with Crippen LogP contribution < -0.4 is 15.8 Å². The van der Waals surface area contributed by atoms with Gasteiger partial charge < -0.3 is 15.8 Å². The predicted molar refractivity (Wildman–Crippen MR) is 93.3 cm³/mol. The number of carbonyl (C=O) groups excluding carboxylic acids is 2. The quantitative estimate of drug-likeness (QED) is 0.716. The maximum absolute atomic E-state index is 12.2. The van der Waals surface area contributed by atoms with Crippen molar-refractivity contribution in [2.24, 2.45) is 5.73 Å². The second-order valence-corrected chi connectivity index (χ2v) is 5.94. The van der Waals surface area contributed by atoms with E-state index in [4.69, 9.17) is 22.1 Å². The normalized spacial score (nSPS) is 10.1. The summed E-state index contributed by atoms with van der Waals surface area (Å²) in [6, 6.07) is 11.7. The minimum absolute atomic E-state index is 0.215. The topological polar surface area (TPSA) is 81.4 Å². The third-order valence-corrected chi connectivity index (χ3v) is 4.20. The number of hydrogen-bond acceptors (Lipinski definition) is 3. The highest BCUT2D eigenvalue weighted by Gasteiger charge is 2.09. The fraction of sp³-hybridized carbons (Fsp3) is 0.0667. The molecule has 0 heterocycles. The standard InChI is InChI=1S/C15H12ClIN2O3/c16-12-5-4-9(6-13(12)17)15(21)19-10-2-1-3-11(7-10)22-8-14(18)20/h1-7H,8H2,(H2,18,20)(H,19,21). The van der Waals surface area contributed by atoms with E-state index in [1.165, 1.54) is 0 Å². The number of benzene rings is 2. The Morgan fingerprint density at radius 3 is 2.68 bits per heavy atom. The Balaban J connectivity index is 2.09. The van der Waals surface area contributed by atoms with E-state index < -0.39 is 5.91 Å². The lowest BCUT2D eigenvalue weighted by Crippen LogP contribution is -2.20.